The molecule has 2 rings (SSSR count). The van der Waals surface area contributed by atoms with Gasteiger partial charge in [-0.25, -0.2) is 0 Å². The van der Waals surface area contributed by atoms with E-state index >= 15 is 0 Å². The number of halogens is 1. The fraction of sp³-hybridized carbons (Fsp3) is 0.385. The molecule has 1 aromatic rings. The number of thioether (sulfide) groups is 1. The summed E-state index contributed by atoms with van der Waals surface area (Å²) in [6.45, 7) is 4.16. The summed E-state index contributed by atoms with van der Waals surface area (Å²) < 4.78 is 0.996. The highest BCUT2D eigenvalue weighted by Crippen LogP contribution is 2.30. The van der Waals surface area contributed by atoms with Gasteiger partial charge in [-0.2, -0.15) is 0 Å². The van der Waals surface area contributed by atoms with Crippen molar-refractivity contribution in [3.05, 3.63) is 28.2 Å². The predicted molar refractivity (Wildman–Crippen MR) is 77.9 cm³/mol. The predicted octanol–water partition coefficient (Wildman–Crippen LogP) is 3.14. The van der Waals surface area contributed by atoms with Crippen molar-refractivity contribution >= 4 is 44.4 Å². The van der Waals surface area contributed by atoms with Crippen molar-refractivity contribution in [1.82, 2.24) is 0 Å². The molecule has 1 unspecified atom stereocenters. The van der Waals surface area contributed by atoms with Crippen LogP contribution >= 0.6 is 27.7 Å². The summed E-state index contributed by atoms with van der Waals surface area (Å²) in [5, 5.41) is 0.148. The second-order valence-electron chi connectivity index (χ2n) is 4.37. The lowest BCUT2D eigenvalue weighted by atomic mass is 10.2. The molecule has 1 aromatic carbocycles. The van der Waals surface area contributed by atoms with Gasteiger partial charge >= 0.3 is 0 Å². The number of anilines is 1. The number of amides is 1. The highest BCUT2D eigenvalue weighted by atomic mass is 79.9. The van der Waals surface area contributed by atoms with Crippen LogP contribution in [0.25, 0.3) is 0 Å². The maximum atomic E-state index is 11.9. The molecule has 96 valence electrons. The Kier molecular flexibility index (Phi) is 4.12. The molecule has 5 heteroatoms. The molecule has 1 aliphatic heterocycles. The van der Waals surface area contributed by atoms with E-state index in [1.165, 1.54) is 11.8 Å². The Morgan fingerprint density at radius 3 is 2.83 bits per heavy atom. The Hall–Kier alpha value is -0.810. The summed E-state index contributed by atoms with van der Waals surface area (Å²) in [6.07, 6.45) is 0.440. The summed E-state index contributed by atoms with van der Waals surface area (Å²) in [6, 6.07) is 5.88. The SMILES string of the molecule is CC(=O)SC1CC(=O)N(c2ccc(C)c(Br)c2)C1. The third kappa shape index (κ3) is 2.95. The number of nitrogens with zero attached hydrogens (tertiary/aromatic N) is 1. The van der Waals surface area contributed by atoms with Gasteiger partial charge in [-0.15, -0.1) is 0 Å². The molecule has 18 heavy (non-hydrogen) atoms. The van der Waals surface area contributed by atoms with Crippen molar-refractivity contribution in [3.63, 3.8) is 0 Å². The van der Waals surface area contributed by atoms with Crippen LogP contribution in [0, 0.1) is 6.92 Å². The van der Waals surface area contributed by atoms with Crippen LogP contribution < -0.4 is 4.90 Å². The van der Waals surface area contributed by atoms with Crippen molar-refractivity contribution in [2.75, 3.05) is 11.4 Å². The Bertz CT molecular complexity index is 504. The van der Waals surface area contributed by atoms with Gasteiger partial charge in [0, 0.05) is 35.3 Å². The van der Waals surface area contributed by atoms with E-state index in [1.54, 1.807) is 11.8 Å². The van der Waals surface area contributed by atoms with E-state index in [0.717, 1.165) is 15.7 Å². The number of carbonyl (C=O) groups excluding carboxylic acids is 2. The summed E-state index contributed by atoms with van der Waals surface area (Å²) >= 11 is 4.73. The first-order chi connectivity index (χ1) is 8.47. The molecule has 1 heterocycles. The minimum atomic E-state index is 0.0692. The molecule has 0 aliphatic carbocycles. The average Bonchev–Trinajstić information content (AvgIpc) is 2.62. The summed E-state index contributed by atoms with van der Waals surface area (Å²) in [7, 11) is 0. The van der Waals surface area contributed by atoms with Crippen LogP contribution in [0.15, 0.2) is 22.7 Å². The molecule has 0 saturated carbocycles. The highest BCUT2D eigenvalue weighted by molar-refractivity contribution is 9.10. The van der Waals surface area contributed by atoms with E-state index in [1.807, 2.05) is 25.1 Å². The van der Waals surface area contributed by atoms with E-state index in [0.29, 0.717) is 13.0 Å². The van der Waals surface area contributed by atoms with Gasteiger partial charge in [-0.3, -0.25) is 9.59 Å². The zero-order valence-corrected chi connectivity index (χ0v) is 12.7. The minimum absolute atomic E-state index is 0.0692. The van der Waals surface area contributed by atoms with Gasteiger partial charge in [-0.1, -0.05) is 33.8 Å². The van der Waals surface area contributed by atoms with Gasteiger partial charge < -0.3 is 4.90 Å². The summed E-state index contributed by atoms with van der Waals surface area (Å²) in [5.41, 5.74) is 2.03. The first-order valence-corrected chi connectivity index (χ1v) is 7.38. The Morgan fingerprint density at radius 1 is 1.50 bits per heavy atom. The van der Waals surface area contributed by atoms with Crippen LogP contribution in [0.5, 0.6) is 0 Å². The number of rotatable bonds is 2. The molecule has 1 fully saturated rings. The zero-order valence-electron chi connectivity index (χ0n) is 10.3. The molecule has 0 bridgehead atoms. The van der Waals surface area contributed by atoms with Gasteiger partial charge in [0.05, 0.1) is 0 Å². The molecule has 0 N–H and O–H groups in total. The van der Waals surface area contributed by atoms with E-state index < -0.39 is 0 Å². The monoisotopic (exact) mass is 327 g/mol. The molecule has 0 radical (unpaired) electrons. The fourth-order valence-corrected chi connectivity index (χ4v) is 3.27. The van der Waals surface area contributed by atoms with Crippen molar-refractivity contribution in [1.29, 1.82) is 0 Å². The summed E-state index contributed by atoms with van der Waals surface area (Å²) in [4.78, 5) is 24.8. The van der Waals surface area contributed by atoms with Crippen LogP contribution in [-0.2, 0) is 9.59 Å². The number of hydrogen-bond acceptors (Lipinski definition) is 3. The van der Waals surface area contributed by atoms with Crippen molar-refractivity contribution in [3.8, 4) is 0 Å². The Balaban J connectivity index is 2.16. The molecule has 1 atom stereocenters. The van der Waals surface area contributed by atoms with Crippen LogP contribution in [0.4, 0.5) is 5.69 Å². The van der Waals surface area contributed by atoms with Gasteiger partial charge in [0.15, 0.2) is 5.12 Å². The largest absolute Gasteiger partial charge is 0.311 e. The number of hydrogen-bond donors (Lipinski definition) is 0. The molecule has 3 nitrogen and oxygen atoms in total. The number of carbonyl (C=O) groups is 2. The van der Waals surface area contributed by atoms with Crippen LogP contribution in [0.2, 0.25) is 0 Å². The number of benzene rings is 1. The molecular formula is C13H14BrNO2S. The maximum absolute atomic E-state index is 11.9. The molecular weight excluding hydrogens is 314 g/mol. The third-order valence-corrected chi connectivity index (χ3v) is 4.72. The normalized spacial score (nSPS) is 19.4. The maximum Gasteiger partial charge on any atom is 0.228 e. The van der Waals surface area contributed by atoms with Gasteiger partial charge in [-0.05, 0) is 24.6 Å². The lowest BCUT2D eigenvalue weighted by Gasteiger charge is -2.17. The van der Waals surface area contributed by atoms with Crippen LogP contribution in [0.3, 0.4) is 0 Å². The van der Waals surface area contributed by atoms with Gasteiger partial charge in [0.25, 0.3) is 0 Å². The van der Waals surface area contributed by atoms with Crippen molar-refractivity contribution in [2.24, 2.45) is 0 Å². The molecule has 1 aliphatic rings. The topological polar surface area (TPSA) is 37.4 Å². The molecule has 1 amide bonds. The summed E-state index contributed by atoms with van der Waals surface area (Å²) in [5.74, 6) is 0.0875. The van der Waals surface area contributed by atoms with Gasteiger partial charge in [0.1, 0.15) is 0 Å². The second kappa shape index (κ2) is 5.45. The van der Waals surface area contributed by atoms with E-state index in [-0.39, 0.29) is 16.3 Å². The lowest BCUT2D eigenvalue weighted by Crippen LogP contribution is -2.24. The van der Waals surface area contributed by atoms with Crippen molar-refractivity contribution in [2.45, 2.75) is 25.5 Å². The molecule has 1 saturated heterocycles. The molecule has 0 spiro atoms. The standard InChI is InChI=1S/C13H14BrNO2S/c1-8-3-4-10(5-12(8)14)15-7-11(6-13(15)17)18-9(2)16/h3-5,11H,6-7H2,1-2H3. The Morgan fingerprint density at radius 2 is 2.22 bits per heavy atom. The quantitative estimate of drug-likeness (QED) is 0.837. The van der Waals surface area contributed by atoms with Crippen LogP contribution in [0.1, 0.15) is 18.9 Å². The van der Waals surface area contributed by atoms with E-state index in [9.17, 15) is 9.59 Å². The Labute approximate surface area is 119 Å². The highest BCUT2D eigenvalue weighted by Gasteiger charge is 2.31. The minimum Gasteiger partial charge on any atom is -0.311 e. The first kappa shape index (κ1) is 13.6. The number of aryl methyl sites for hydroxylation is 1. The second-order valence-corrected chi connectivity index (χ2v) is 6.71. The lowest BCUT2D eigenvalue weighted by molar-refractivity contribution is -0.117. The van der Waals surface area contributed by atoms with E-state index in [2.05, 4.69) is 15.9 Å². The zero-order chi connectivity index (χ0) is 13.3. The fourth-order valence-electron chi connectivity index (χ4n) is 1.99. The van der Waals surface area contributed by atoms with Gasteiger partial charge in [0.2, 0.25) is 5.91 Å². The average molecular weight is 328 g/mol. The van der Waals surface area contributed by atoms with E-state index in [4.69, 9.17) is 0 Å². The molecule has 0 aromatic heterocycles. The van der Waals surface area contributed by atoms with Crippen LogP contribution in [-0.4, -0.2) is 22.8 Å². The van der Waals surface area contributed by atoms with Crippen molar-refractivity contribution < 1.29 is 9.59 Å². The third-order valence-electron chi connectivity index (χ3n) is 2.89. The first-order valence-electron chi connectivity index (χ1n) is 5.71. The smallest absolute Gasteiger partial charge is 0.228 e.